The Balaban J connectivity index is 1.93. The Labute approximate surface area is 142 Å². The molecule has 2 aromatic rings. The molecule has 3 heteroatoms. The molecule has 3 nitrogen and oxygen atoms in total. The minimum Gasteiger partial charge on any atom is -0.465 e. The van der Waals surface area contributed by atoms with Gasteiger partial charge in [0.15, 0.2) is 0 Å². The number of hydrogen-bond donors (Lipinski definition) is 0. The lowest BCUT2D eigenvalue weighted by atomic mass is 9.68. The molecular weight excluding hydrogens is 300 g/mol. The Morgan fingerprint density at radius 3 is 2.17 bits per heavy atom. The van der Waals surface area contributed by atoms with Crippen LogP contribution in [0, 0.1) is 5.92 Å². The van der Waals surface area contributed by atoms with Crippen molar-refractivity contribution in [1.29, 1.82) is 0 Å². The second kappa shape index (κ2) is 7.43. The first-order chi connectivity index (χ1) is 11.7. The zero-order valence-corrected chi connectivity index (χ0v) is 13.9. The maximum Gasteiger partial charge on any atom is 0.317 e. The molecule has 1 aliphatic carbocycles. The van der Waals surface area contributed by atoms with Gasteiger partial charge in [-0.15, -0.1) is 0 Å². The van der Waals surface area contributed by atoms with Crippen LogP contribution in [0.1, 0.15) is 42.7 Å². The fraction of sp³-hybridized carbons (Fsp3) is 0.333. The molecule has 3 atom stereocenters. The third-order valence-electron chi connectivity index (χ3n) is 4.77. The van der Waals surface area contributed by atoms with Crippen molar-refractivity contribution in [3.8, 4) is 0 Å². The van der Waals surface area contributed by atoms with Crippen molar-refractivity contribution < 1.29 is 14.3 Å². The van der Waals surface area contributed by atoms with Crippen LogP contribution in [-0.2, 0) is 14.3 Å². The molecule has 0 N–H and O–H groups in total. The Bertz CT molecular complexity index is 694. The molecule has 0 amide bonds. The predicted molar refractivity (Wildman–Crippen MR) is 92.7 cm³/mol. The summed E-state index contributed by atoms with van der Waals surface area (Å²) in [4.78, 5) is 25.2. The van der Waals surface area contributed by atoms with Crippen LogP contribution in [0.5, 0.6) is 0 Å². The molecule has 0 radical (unpaired) electrons. The highest BCUT2D eigenvalue weighted by Gasteiger charge is 2.43. The molecule has 1 aliphatic rings. The molecule has 1 saturated carbocycles. The van der Waals surface area contributed by atoms with E-state index in [0.29, 0.717) is 13.0 Å². The molecule has 0 saturated heterocycles. The molecule has 124 valence electrons. The van der Waals surface area contributed by atoms with E-state index in [0.717, 1.165) is 17.5 Å². The average molecular weight is 322 g/mol. The number of Topliss-reactive ketones (excluding diaryl/α,β-unsaturated/α-hetero) is 1. The van der Waals surface area contributed by atoms with Crippen LogP contribution in [0.15, 0.2) is 60.7 Å². The van der Waals surface area contributed by atoms with Gasteiger partial charge in [-0.1, -0.05) is 60.7 Å². The van der Waals surface area contributed by atoms with Crippen molar-refractivity contribution in [3.63, 3.8) is 0 Å². The summed E-state index contributed by atoms with van der Waals surface area (Å²) in [6.45, 7) is 2.07. The van der Waals surface area contributed by atoms with Gasteiger partial charge in [0.25, 0.3) is 0 Å². The first-order valence-corrected chi connectivity index (χ1v) is 8.50. The van der Waals surface area contributed by atoms with E-state index in [-0.39, 0.29) is 23.6 Å². The molecule has 0 aromatic heterocycles. The lowest BCUT2D eigenvalue weighted by Gasteiger charge is -2.34. The van der Waals surface area contributed by atoms with Gasteiger partial charge in [-0.3, -0.25) is 9.59 Å². The van der Waals surface area contributed by atoms with Crippen molar-refractivity contribution in [2.75, 3.05) is 6.61 Å². The maximum atomic E-state index is 12.8. The summed E-state index contributed by atoms with van der Waals surface area (Å²) in [6.07, 6.45) is 1.18. The Morgan fingerprint density at radius 2 is 1.58 bits per heavy atom. The zero-order chi connectivity index (χ0) is 16.9. The molecule has 3 unspecified atom stereocenters. The fourth-order valence-corrected chi connectivity index (χ4v) is 3.66. The number of ether oxygens (including phenoxy) is 1. The van der Waals surface area contributed by atoms with Gasteiger partial charge in [-0.25, -0.2) is 0 Å². The van der Waals surface area contributed by atoms with Crippen LogP contribution in [-0.4, -0.2) is 18.4 Å². The second-order valence-electron chi connectivity index (χ2n) is 6.26. The summed E-state index contributed by atoms with van der Waals surface area (Å²) in [5, 5.41) is 0. The number of ketones is 1. The van der Waals surface area contributed by atoms with Crippen molar-refractivity contribution >= 4 is 11.8 Å². The smallest absolute Gasteiger partial charge is 0.317 e. The molecule has 0 aliphatic heterocycles. The summed E-state index contributed by atoms with van der Waals surface area (Å²) < 4.78 is 5.18. The second-order valence-corrected chi connectivity index (χ2v) is 6.26. The molecular formula is C21H22O3. The summed E-state index contributed by atoms with van der Waals surface area (Å²) in [5.41, 5.74) is 2.19. The van der Waals surface area contributed by atoms with E-state index in [9.17, 15) is 9.59 Å². The predicted octanol–water partition coefficient (Wildman–Crippen LogP) is 4.10. The van der Waals surface area contributed by atoms with Gasteiger partial charge in [0.05, 0.1) is 6.61 Å². The van der Waals surface area contributed by atoms with Gasteiger partial charge in [0.2, 0.25) is 0 Å². The van der Waals surface area contributed by atoms with E-state index in [4.69, 9.17) is 4.74 Å². The van der Waals surface area contributed by atoms with E-state index in [1.165, 1.54) is 0 Å². The van der Waals surface area contributed by atoms with Crippen molar-refractivity contribution in [3.05, 3.63) is 71.8 Å². The SMILES string of the molecule is CCOC(=O)C1C(=O)CC(c2ccccc2)CC1c1ccccc1. The van der Waals surface area contributed by atoms with E-state index in [1.54, 1.807) is 6.92 Å². The monoisotopic (exact) mass is 322 g/mol. The third kappa shape index (κ3) is 3.40. The lowest BCUT2D eigenvalue weighted by Crippen LogP contribution is -2.37. The quantitative estimate of drug-likeness (QED) is 0.629. The highest BCUT2D eigenvalue weighted by Crippen LogP contribution is 2.43. The molecule has 3 rings (SSSR count). The highest BCUT2D eigenvalue weighted by atomic mass is 16.5. The summed E-state index contributed by atoms with van der Waals surface area (Å²) in [5.74, 6) is -1.07. The summed E-state index contributed by atoms with van der Waals surface area (Å²) in [7, 11) is 0. The minimum absolute atomic E-state index is 0.0117. The van der Waals surface area contributed by atoms with Crippen LogP contribution >= 0.6 is 0 Å². The zero-order valence-electron chi connectivity index (χ0n) is 13.9. The van der Waals surface area contributed by atoms with Gasteiger partial charge < -0.3 is 4.74 Å². The van der Waals surface area contributed by atoms with Gasteiger partial charge in [-0.05, 0) is 30.4 Å². The number of carbonyl (C=O) groups excluding carboxylic acids is 2. The Hall–Kier alpha value is -2.42. The van der Waals surface area contributed by atoms with Crippen LogP contribution in [0.25, 0.3) is 0 Å². The van der Waals surface area contributed by atoms with Crippen LogP contribution < -0.4 is 0 Å². The first kappa shape index (κ1) is 16.4. The van der Waals surface area contributed by atoms with Gasteiger partial charge in [0, 0.05) is 12.3 Å². The van der Waals surface area contributed by atoms with Crippen LogP contribution in [0.2, 0.25) is 0 Å². The summed E-state index contributed by atoms with van der Waals surface area (Å²) in [6, 6.07) is 19.9. The standard InChI is InChI=1S/C21H22O3/c1-2-24-21(23)20-18(16-11-7-4-8-12-16)13-17(14-19(20)22)15-9-5-3-6-10-15/h3-12,17-18,20H,2,13-14H2,1H3. The highest BCUT2D eigenvalue weighted by molar-refractivity contribution is 6.01. The van der Waals surface area contributed by atoms with E-state index in [1.807, 2.05) is 48.5 Å². The summed E-state index contributed by atoms with van der Waals surface area (Å²) >= 11 is 0. The average Bonchev–Trinajstić information content (AvgIpc) is 2.62. The van der Waals surface area contributed by atoms with Crippen molar-refractivity contribution in [2.24, 2.45) is 5.92 Å². The number of carbonyl (C=O) groups is 2. The molecule has 0 spiro atoms. The van der Waals surface area contributed by atoms with E-state index < -0.39 is 5.92 Å². The molecule has 24 heavy (non-hydrogen) atoms. The van der Waals surface area contributed by atoms with Gasteiger partial charge >= 0.3 is 5.97 Å². The normalized spacial score (nSPS) is 23.7. The van der Waals surface area contributed by atoms with Crippen molar-refractivity contribution in [2.45, 2.75) is 31.6 Å². The number of benzene rings is 2. The Kier molecular flexibility index (Phi) is 5.09. The first-order valence-electron chi connectivity index (χ1n) is 8.50. The van der Waals surface area contributed by atoms with Gasteiger partial charge in [-0.2, -0.15) is 0 Å². The maximum absolute atomic E-state index is 12.8. The molecule has 0 heterocycles. The molecule has 1 fully saturated rings. The Morgan fingerprint density at radius 1 is 1.00 bits per heavy atom. The lowest BCUT2D eigenvalue weighted by molar-refractivity contribution is -0.153. The van der Waals surface area contributed by atoms with Crippen LogP contribution in [0.4, 0.5) is 0 Å². The van der Waals surface area contributed by atoms with E-state index in [2.05, 4.69) is 12.1 Å². The largest absolute Gasteiger partial charge is 0.465 e. The number of esters is 1. The number of rotatable bonds is 4. The minimum atomic E-state index is -0.688. The fourth-order valence-electron chi connectivity index (χ4n) is 3.66. The van der Waals surface area contributed by atoms with E-state index >= 15 is 0 Å². The topological polar surface area (TPSA) is 43.4 Å². The van der Waals surface area contributed by atoms with Crippen LogP contribution in [0.3, 0.4) is 0 Å². The third-order valence-corrected chi connectivity index (χ3v) is 4.77. The molecule has 2 aromatic carbocycles. The molecule has 0 bridgehead atoms. The van der Waals surface area contributed by atoms with Crippen molar-refractivity contribution in [1.82, 2.24) is 0 Å². The number of hydrogen-bond acceptors (Lipinski definition) is 3. The van der Waals surface area contributed by atoms with Gasteiger partial charge in [0.1, 0.15) is 11.7 Å².